The van der Waals surface area contributed by atoms with Gasteiger partial charge in [0.25, 0.3) is 0 Å². The van der Waals surface area contributed by atoms with E-state index in [4.69, 9.17) is 0 Å². The van der Waals surface area contributed by atoms with E-state index in [-0.39, 0.29) is 4.75 Å². The van der Waals surface area contributed by atoms with E-state index in [0.717, 1.165) is 5.75 Å². The predicted molar refractivity (Wildman–Crippen MR) is 136 cm³/mol. The highest BCUT2D eigenvalue weighted by atomic mass is 32.2. The van der Waals surface area contributed by atoms with Crippen molar-refractivity contribution in [2.75, 3.05) is 38.0 Å². The standard InChI is InChI=1S/C26H30N2SSi/c1-27(2)19-11-13-22-24(15-19)30(5,6)25-16-20(28(3)4)12-14-23(25)26(22)21-10-8-7-9-18(21)17-29-26/h7-16H,17H2,1-6H3. The van der Waals surface area contributed by atoms with Crippen LogP contribution < -0.4 is 20.2 Å². The number of anilines is 2. The monoisotopic (exact) mass is 430 g/mol. The molecule has 0 bridgehead atoms. The molecule has 3 aromatic carbocycles. The van der Waals surface area contributed by atoms with Crippen LogP contribution in [0.5, 0.6) is 0 Å². The van der Waals surface area contributed by atoms with Crippen molar-refractivity contribution in [1.82, 2.24) is 0 Å². The zero-order valence-electron chi connectivity index (χ0n) is 18.8. The lowest BCUT2D eigenvalue weighted by Gasteiger charge is -2.45. The Kier molecular flexibility index (Phi) is 4.39. The van der Waals surface area contributed by atoms with Gasteiger partial charge in [0.15, 0.2) is 0 Å². The first-order valence-corrected chi connectivity index (χ1v) is 14.6. The molecule has 2 aliphatic heterocycles. The summed E-state index contributed by atoms with van der Waals surface area (Å²) in [4.78, 5) is 4.47. The molecule has 0 N–H and O–H groups in total. The van der Waals surface area contributed by atoms with Gasteiger partial charge in [0, 0.05) is 45.3 Å². The maximum atomic E-state index is 2.53. The highest BCUT2D eigenvalue weighted by Crippen LogP contribution is 2.57. The summed E-state index contributed by atoms with van der Waals surface area (Å²) in [6.45, 7) is 5.06. The number of hydrogen-bond acceptors (Lipinski definition) is 3. The number of rotatable bonds is 2. The fourth-order valence-corrected chi connectivity index (χ4v) is 10.3. The molecule has 3 aromatic rings. The molecule has 2 nitrogen and oxygen atoms in total. The number of thioether (sulfide) groups is 1. The van der Waals surface area contributed by atoms with E-state index < -0.39 is 8.07 Å². The average molecular weight is 431 g/mol. The highest BCUT2D eigenvalue weighted by Gasteiger charge is 2.52. The van der Waals surface area contributed by atoms with Crippen LogP contribution >= 0.6 is 11.8 Å². The van der Waals surface area contributed by atoms with Gasteiger partial charge in [-0.25, -0.2) is 0 Å². The minimum Gasteiger partial charge on any atom is -0.378 e. The Labute approximate surface area is 185 Å². The van der Waals surface area contributed by atoms with Gasteiger partial charge in [-0.1, -0.05) is 49.5 Å². The molecule has 2 aliphatic rings. The summed E-state index contributed by atoms with van der Waals surface area (Å²) < 4.78 is -0.0978. The third kappa shape index (κ3) is 2.56. The van der Waals surface area contributed by atoms with Crippen LogP contribution in [0.1, 0.15) is 22.3 Å². The summed E-state index contributed by atoms with van der Waals surface area (Å²) in [5, 5.41) is 3.17. The van der Waals surface area contributed by atoms with Crippen molar-refractivity contribution in [2.24, 2.45) is 0 Å². The molecular formula is C26H30N2SSi. The molecule has 0 saturated heterocycles. The van der Waals surface area contributed by atoms with Gasteiger partial charge >= 0.3 is 0 Å². The summed E-state index contributed by atoms with van der Waals surface area (Å²) in [6.07, 6.45) is 0. The van der Waals surface area contributed by atoms with Crippen LogP contribution in [-0.4, -0.2) is 36.3 Å². The molecular weight excluding hydrogens is 400 g/mol. The molecule has 0 amide bonds. The van der Waals surface area contributed by atoms with Gasteiger partial charge in [-0.2, -0.15) is 0 Å². The van der Waals surface area contributed by atoms with Crippen LogP contribution in [-0.2, 0) is 10.5 Å². The fraction of sp³-hybridized carbons (Fsp3) is 0.308. The van der Waals surface area contributed by atoms with Gasteiger partial charge in [-0.05, 0) is 56.9 Å². The Morgan fingerprint density at radius 3 is 1.80 bits per heavy atom. The van der Waals surface area contributed by atoms with Crippen molar-refractivity contribution in [1.29, 1.82) is 0 Å². The molecule has 4 heteroatoms. The van der Waals surface area contributed by atoms with Crippen molar-refractivity contribution in [3.05, 3.63) is 82.9 Å². The van der Waals surface area contributed by atoms with Crippen LogP contribution in [0.2, 0.25) is 13.1 Å². The van der Waals surface area contributed by atoms with Crippen LogP contribution in [0.15, 0.2) is 60.7 Å². The second-order valence-corrected chi connectivity index (χ2v) is 15.0. The molecule has 0 atom stereocenters. The number of hydrogen-bond donors (Lipinski definition) is 0. The SMILES string of the molecule is CN(C)c1ccc2c(c1)[Si](C)(C)c1cc(N(C)C)ccc1C21SCc2ccccc21. The topological polar surface area (TPSA) is 6.48 Å². The normalized spacial score (nSPS) is 17.3. The smallest absolute Gasteiger partial charge is 0.113 e. The van der Waals surface area contributed by atoms with Gasteiger partial charge < -0.3 is 9.80 Å². The fourth-order valence-electron chi connectivity index (χ4n) is 5.26. The lowest BCUT2D eigenvalue weighted by molar-refractivity contribution is 0.910. The van der Waals surface area contributed by atoms with Crippen molar-refractivity contribution >= 4 is 41.6 Å². The number of benzene rings is 3. The quantitative estimate of drug-likeness (QED) is 0.553. The van der Waals surface area contributed by atoms with Crippen molar-refractivity contribution in [2.45, 2.75) is 23.6 Å². The Morgan fingerprint density at radius 1 is 0.733 bits per heavy atom. The van der Waals surface area contributed by atoms with E-state index in [2.05, 4.69) is 124 Å². The summed E-state index contributed by atoms with van der Waals surface area (Å²) in [5.74, 6) is 1.07. The summed E-state index contributed by atoms with van der Waals surface area (Å²) in [5.41, 5.74) is 8.60. The molecule has 2 heterocycles. The Hall–Kier alpha value is -2.17. The van der Waals surface area contributed by atoms with Crippen LogP contribution in [0.25, 0.3) is 0 Å². The maximum absolute atomic E-state index is 2.53. The Bertz CT molecular complexity index is 1090. The summed E-state index contributed by atoms with van der Waals surface area (Å²) in [6, 6.07) is 23.5. The molecule has 154 valence electrons. The first-order chi connectivity index (χ1) is 14.3. The van der Waals surface area contributed by atoms with Crippen molar-refractivity contribution in [3.63, 3.8) is 0 Å². The Balaban J connectivity index is 1.89. The van der Waals surface area contributed by atoms with E-state index in [1.165, 1.54) is 33.6 Å². The van der Waals surface area contributed by atoms with E-state index in [1.807, 2.05) is 0 Å². The second-order valence-electron chi connectivity index (χ2n) is 9.50. The molecule has 0 fully saturated rings. The lowest BCUT2D eigenvalue weighted by Crippen LogP contribution is -2.62. The van der Waals surface area contributed by atoms with Gasteiger partial charge in [0.05, 0.1) is 4.75 Å². The van der Waals surface area contributed by atoms with Gasteiger partial charge in [-0.15, -0.1) is 11.8 Å². The predicted octanol–water partition coefficient (Wildman–Crippen LogP) is 4.49. The van der Waals surface area contributed by atoms with Gasteiger partial charge in [0.1, 0.15) is 8.07 Å². The molecule has 0 radical (unpaired) electrons. The second kappa shape index (κ2) is 6.66. The average Bonchev–Trinajstić information content (AvgIpc) is 3.12. The first kappa shape index (κ1) is 19.8. The van der Waals surface area contributed by atoms with E-state index in [0.29, 0.717) is 0 Å². The zero-order chi connectivity index (χ0) is 21.3. The van der Waals surface area contributed by atoms with Crippen LogP contribution in [0.3, 0.4) is 0 Å². The zero-order valence-corrected chi connectivity index (χ0v) is 20.6. The molecule has 0 aromatic heterocycles. The first-order valence-electron chi connectivity index (χ1n) is 10.6. The third-order valence-corrected chi connectivity index (χ3v) is 12.1. The molecule has 0 saturated carbocycles. The third-order valence-electron chi connectivity index (χ3n) is 6.99. The summed E-state index contributed by atoms with van der Waals surface area (Å²) in [7, 11) is 6.71. The highest BCUT2D eigenvalue weighted by molar-refractivity contribution is 8.00. The minimum atomic E-state index is -1.87. The van der Waals surface area contributed by atoms with E-state index in [1.54, 1.807) is 10.4 Å². The van der Waals surface area contributed by atoms with Crippen LogP contribution in [0, 0.1) is 0 Å². The van der Waals surface area contributed by atoms with Gasteiger partial charge in [-0.3, -0.25) is 0 Å². The molecule has 0 aliphatic carbocycles. The molecule has 30 heavy (non-hydrogen) atoms. The number of nitrogens with zero attached hydrogens (tertiary/aromatic N) is 2. The van der Waals surface area contributed by atoms with E-state index in [9.17, 15) is 0 Å². The van der Waals surface area contributed by atoms with Crippen molar-refractivity contribution < 1.29 is 0 Å². The maximum Gasteiger partial charge on any atom is 0.113 e. The largest absolute Gasteiger partial charge is 0.378 e. The molecule has 1 spiro atoms. The van der Waals surface area contributed by atoms with Crippen LogP contribution in [0.4, 0.5) is 11.4 Å². The van der Waals surface area contributed by atoms with Gasteiger partial charge in [0.2, 0.25) is 0 Å². The summed E-state index contributed by atoms with van der Waals surface area (Å²) >= 11 is 2.10. The minimum absolute atomic E-state index is 0.0978. The number of fused-ring (bicyclic) bond motifs is 6. The molecule has 0 unspecified atom stereocenters. The van der Waals surface area contributed by atoms with E-state index >= 15 is 0 Å². The van der Waals surface area contributed by atoms with Crippen molar-refractivity contribution in [3.8, 4) is 0 Å². The lowest BCUT2D eigenvalue weighted by atomic mass is 9.81. The molecule has 5 rings (SSSR count). The Morgan fingerprint density at radius 2 is 1.27 bits per heavy atom.